The Morgan fingerprint density at radius 3 is 2.91 bits per heavy atom. The Balaban J connectivity index is 1.51. The maximum atomic E-state index is 12.1. The molecule has 1 atom stereocenters. The van der Waals surface area contributed by atoms with Gasteiger partial charge in [0.15, 0.2) is 6.10 Å². The number of amides is 1. The molecule has 4 rings (SSSR count). The first kappa shape index (κ1) is 13.5. The molecule has 6 heteroatoms. The Morgan fingerprint density at radius 1 is 1.27 bits per heavy atom. The summed E-state index contributed by atoms with van der Waals surface area (Å²) in [6, 6.07) is 8.14. The number of hydrogen-bond acceptors (Lipinski definition) is 5. The maximum absolute atomic E-state index is 12.1. The zero-order chi connectivity index (χ0) is 14.9. The Hall–Kier alpha value is -2.21. The van der Waals surface area contributed by atoms with Gasteiger partial charge in [0, 0.05) is 12.6 Å². The van der Waals surface area contributed by atoms with Crippen molar-refractivity contribution in [1.82, 2.24) is 15.3 Å². The number of hydrogen-bond donors (Lipinski definition) is 1. The van der Waals surface area contributed by atoms with E-state index in [0.717, 1.165) is 36.2 Å². The normalized spacial score (nSPS) is 21.8. The van der Waals surface area contributed by atoms with Gasteiger partial charge in [-0.25, -0.2) is 4.98 Å². The summed E-state index contributed by atoms with van der Waals surface area (Å²) in [6.07, 6.45) is 3.50. The van der Waals surface area contributed by atoms with E-state index in [4.69, 9.17) is 4.74 Å². The van der Waals surface area contributed by atoms with Gasteiger partial charge in [0.05, 0.1) is 30.4 Å². The summed E-state index contributed by atoms with van der Waals surface area (Å²) >= 11 is 0. The predicted molar refractivity (Wildman–Crippen MR) is 82.7 cm³/mol. The maximum Gasteiger partial charge on any atom is 0.251 e. The molecule has 1 aliphatic carbocycles. The van der Waals surface area contributed by atoms with Crippen LogP contribution < -0.4 is 10.2 Å². The molecule has 1 amide bonds. The third kappa shape index (κ3) is 2.74. The SMILES string of the molecule is O=C(NC1CC1)C1CN(c2cnc3ccccc3n2)CCO1. The Labute approximate surface area is 128 Å². The molecule has 1 aromatic heterocycles. The first-order chi connectivity index (χ1) is 10.8. The third-order valence-electron chi connectivity index (χ3n) is 4.04. The monoisotopic (exact) mass is 298 g/mol. The van der Waals surface area contributed by atoms with Crippen molar-refractivity contribution in [1.29, 1.82) is 0 Å². The number of morpholine rings is 1. The molecule has 0 spiro atoms. The number of benzene rings is 1. The fraction of sp³-hybridized carbons (Fsp3) is 0.438. The van der Waals surface area contributed by atoms with Gasteiger partial charge in [-0.2, -0.15) is 0 Å². The van der Waals surface area contributed by atoms with Gasteiger partial charge in [-0.15, -0.1) is 0 Å². The number of rotatable bonds is 3. The molecule has 2 aromatic rings. The largest absolute Gasteiger partial charge is 0.365 e. The Kier molecular flexibility index (Phi) is 3.38. The van der Waals surface area contributed by atoms with Crippen LogP contribution in [0.5, 0.6) is 0 Å². The van der Waals surface area contributed by atoms with Crippen LogP contribution in [0.2, 0.25) is 0 Å². The van der Waals surface area contributed by atoms with E-state index >= 15 is 0 Å². The second-order valence-corrected chi connectivity index (χ2v) is 5.81. The summed E-state index contributed by atoms with van der Waals surface area (Å²) < 4.78 is 5.61. The smallest absolute Gasteiger partial charge is 0.251 e. The number of carbonyl (C=O) groups excluding carboxylic acids is 1. The van der Waals surface area contributed by atoms with Gasteiger partial charge in [-0.1, -0.05) is 12.1 Å². The van der Waals surface area contributed by atoms with E-state index in [-0.39, 0.29) is 5.91 Å². The molecule has 0 radical (unpaired) electrons. The fourth-order valence-corrected chi connectivity index (χ4v) is 2.64. The molecule has 2 fully saturated rings. The van der Waals surface area contributed by atoms with Crippen LogP contribution >= 0.6 is 0 Å². The molecule has 1 aromatic carbocycles. The van der Waals surface area contributed by atoms with Crippen LogP contribution in [0.3, 0.4) is 0 Å². The van der Waals surface area contributed by atoms with Gasteiger partial charge in [0.25, 0.3) is 5.91 Å². The zero-order valence-corrected chi connectivity index (χ0v) is 12.2. The number of nitrogens with one attached hydrogen (secondary N) is 1. The van der Waals surface area contributed by atoms with Crippen LogP contribution in [0.4, 0.5) is 5.82 Å². The number of fused-ring (bicyclic) bond motifs is 1. The molecule has 2 heterocycles. The first-order valence-electron chi connectivity index (χ1n) is 7.68. The average Bonchev–Trinajstić information content (AvgIpc) is 3.38. The summed E-state index contributed by atoms with van der Waals surface area (Å²) in [5.74, 6) is 0.784. The minimum Gasteiger partial charge on any atom is -0.365 e. The Bertz CT molecular complexity index is 701. The van der Waals surface area contributed by atoms with Crippen molar-refractivity contribution in [2.45, 2.75) is 25.0 Å². The summed E-state index contributed by atoms with van der Waals surface area (Å²) in [4.78, 5) is 23.3. The van der Waals surface area contributed by atoms with E-state index in [2.05, 4.69) is 20.2 Å². The van der Waals surface area contributed by atoms with Crippen LogP contribution in [0.25, 0.3) is 11.0 Å². The van der Waals surface area contributed by atoms with Crippen LogP contribution in [0, 0.1) is 0 Å². The van der Waals surface area contributed by atoms with Crippen molar-refractivity contribution in [3.05, 3.63) is 30.5 Å². The van der Waals surface area contributed by atoms with Gasteiger partial charge < -0.3 is 15.0 Å². The lowest BCUT2D eigenvalue weighted by molar-refractivity contribution is -0.133. The molecule has 1 saturated carbocycles. The lowest BCUT2D eigenvalue weighted by Gasteiger charge is -2.32. The van der Waals surface area contributed by atoms with Crippen LogP contribution in [0.15, 0.2) is 30.5 Å². The lowest BCUT2D eigenvalue weighted by atomic mass is 10.2. The molecule has 0 bridgehead atoms. The molecule has 1 saturated heterocycles. The van der Waals surface area contributed by atoms with Gasteiger partial charge >= 0.3 is 0 Å². The van der Waals surface area contributed by atoms with E-state index in [1.54, 1.807) is 6.20 Å². The van der Waals surface area contributed by atoms with Gasteiger partial charge in [0.1, 0.15) is 5.82 Å². The Morgan fingerprint density at radius 2 is 2.09 bits per heavy atom. The predicted octanol–water partition coefficient (Wildman–Crippen LogP) is 1.11. The van der Waals surface area contributed by atoms with Gasteiger partial charge in [-0.3, -0.25) is 9.78 Å². The standard InChI is InChI=1S/C16H18N4O2/c21-16(18-11-5-6-11)14-10-20(7-8-22-14)15-9-17-12-3-1-2-4-13(12)19-15/h1-4,9,11,14H,5-8,10H2,(H,18,21). The van der Waals surface area contributed by atoms with Crippen molar-refractivity contribution in [2.24, 2.45) is 0 Å². The second kappa shape index (κ2) is 5.53. The molecule has 114 valence electrons. The topological polar surface area (TPSA) is 67.4 Å². The number of ether oxygens (including phenoxy) is 1. The summed E-state index contributed by atoms with van der Waals surface area (Å²) in [7, 11) is 0. The highest BCUT2D eigenvalue weighted by Crippen LogP contribution is 2.21. The van der Waals surface area contributed by atoms with E-state index in [0.29, 0.717) is 19.2 Å². The molecule has 1 aliphatic heterocycles. The van der Waals surface area contributed by atoms with Crippen molar-refractivity contribution in [3.8, 4) is 0 Å². The van der Waals surface area contributed by atoms with E-state index in [1.165, 1.54) is 0 Å². The van der Waals surface area contributed by atoms with Crippen LogP contribution in [-0.4, -0.2) is 47.7 Å². The molecule has 1 unspecified atom stereocenters. The zero-order valence-electron chi connectivity index (χ0n) is 12.2. The highest BCUT2D eigenvalue weighted by atomic mass is 16.5. The fourth-order valence-electron chi connectivity index (χ4n) is 2.64. The quantitative estimate of drug-likeness (QED) is 0.919. The van der Waals surface area contributed by atoms with Gasteiger partial charge in [0.2, 0.25) is 0 Å². The molecule has 22 heavy (non-hydrogen) atoms. The molecule has 2 aliphatic rings. The van der Waals surface area contributed by atoms with E-state index in [1.807, 2.05) is 24.3 Å². The lowest BCUT2D eigenvalue weighted by Crippen LogP contribution is -2.50. The highest BCUT2D eigenvalue weighted by molar-refractivity contribution is 5.82. The average molecular weight is 298 g/mol. The minimum absolute atomic E-state index is 0.0130. The van der Waals surface area contributed by atoms with Crippen molar-refractivity contribution < 1.29 is 9.53 Å². The molecule has 1 N–H and O–H groups in total. The van der Waals surface area contributed by atoms with Crippen LogP contribution in [-0.2, 0) is 9.53 Å². The van der Waals surface area contributed by atoms with Gasteiger partial charge in [-0.05, 0) is 25.0 Å². The molecular formula is C16H18N4O2. The third-order valence-corrected chi connectivity index (χ3v) is 4.04. The number of anilines is 1. The summed E-state index contributed by atoms with van der Waals surface area (Å²) in [6.45, 7) is 1.77. The van der Waals surface area contributed by atoms with Crippen LogP contribution in [0.1, 0.15) is 12.8 Å². The number of para-hydroxylation sites is 2. The summed E-state index contributed by atoms with van der Waals surface area (Å²) in [5.41, 5.74) is 1.74. The number of nitrogens with zero attached hydrogens (tertiary/aromatic N) is 3. The van der Waals surface area contributed by atoms with Crippen molar-refractivity contribution in [3.63, 3.8) is 0 Å². The first-order valence-corrected chi connectivity index (χ1v) is 7.68. The molecular weight excluding hydrogens is 280 g/mol. The van der Waals surface area contributed by atoms with E-state index < -0.39 is 6.10 Å². The van der Waals surface area contributed by atoms with Crippen molar-refractivity contribution >= 4 is 22.8 Å². The second-order valence-electron chi connectivity index (χ2n) is 5.81. The highest BCUT2D eigenvalue weighted by Gasteiger charge is 2.31. The molecule has 6 nitrogen and oxygen atoms in total. The number of aromatic nitrogens is 2. The minimum atomic E-state index is -0.428. The van der Waals surface area contributed by atoms with Crippen molar-refractivity contribution in [2.75, 3.05) is 24.6 Å². The number of carbonyl (C=O) groups is 1. The summed E-state index contributed by atoms with van der Waals surface area (Å²) in [5, 5.41) is 3.00. The van der Waals surface area contributed by atoms with E-state index in [9.17, 15) is 4.79 Å².